The Morgan fingerprint density at radius 3 is 2.46 bits per heavy atom. The Kier molecular flexibility index (Phi) is 6.93. The number of nitrogens with one attached hydrogen (secondary N) is 2. The monoisotopic (exact) mass is 380 g/mol. The van der Waals surface area contributed by atoms with Gasteiger partial charge >= 0.3 is 5.97 Å². The van der Waals surface area contributed by atoms with E-state index >= 15 is 0 Å². The SMILES string of the molecule is CC(C)C(NS(=O)(=O)C=Cc1ccccc1)C(=O)OCC(=O)NC1CC1. The van der Waals surface area contributed by atoms with Crippen LogP contribution in [0.15, 0.2) is 35.7 Å². The van der Waals surface area contributed by atoms with Gasteiger partial charge in [-0.3, -0.25) is 9.59 Å². The zero-order valence-corrected chi connectivity index (χ0v) is 15.7. The average Bonchev–Trinajstić information content (AvgIpc) is 3.40. The molecule has 1 aliphatic rings. The maximum Gasteiger partial charge on any atom is 0.324 e. The summed E-state index contributed by atoms with van der Waals surface area (Å²) in [5.74, 6) is -1.49. The fraction of sp³-hybridized carbons (Fsp3) is 0.444. The molecule has 0 aromatic heterocycles. The van der Waals surface area contributed by atoms with E-state index in [4.69, 9.17) is 4.74 Å². The molecule has 1 unspecified atom stereocenters. The van der Waals surface area contributed by atoms with E-state index < -0.39 is 28.6 Å². The highest BCUT2D eigenvalue weighted by Crippen LogP contribution is 2.18. The summed E-state index contributed by atoms with van der Waals surface area (Å²) in [5.41, 5.74) is 0.721. The molecule has 7 nitrogen and oxygen atoms in total. The molecule has 2 rings (SSSR count). The molecule has 0 bridgehead atoms. The van der Waals surface area contributed by atoms with Gasteiger partial charge in [0.2, 0.25) is 10.0 Å². The Labute approximate surface area is 153 Å². The van der Waals surface area contributed by atoms with E-state index in [1.54, 1.807) is 38.1 Å². The molecule has 142 valence electrons. The Balaban J connectivity index is 1.93. The molecular formula is C18H24N2O5S. The van der Waals surface area contributed by atoms with Crippen molar-refractivity contribution >= 4 is 28.0 Å². The van der Waals surface area contributed by atoms with E-state index in [1.807, 2.05) is 6.07 Å². The van der Waals surface area contributed by atoms with Crippen LogP contribution >= 0.6 is 0 Å². The minimum Gasteiger partial charge on any atom is -0.454 e. The van der Waals surface area contributed by atoms with E-state index in [1.165, 1.54) is 6.08 Å². The van der Waals surface area contributed by atoms with E-state index in [9.17, 15) is 18.0 Å². The Morgan fingerprint density at radius 1 is 1.23 bits per heavy atom. The van der Waals surface area contributed by atoms with Crippen molar-refractivity contribution in [3.63, 3.8) is 0 Å². The predicted molar refractivity (Wildman–Crippen MR) is 98.3 cm³/mol. The number of benzene rings is 1. The van der Waals surface area contributed by atoms with Crippen molar-refractivity contribution in [1.29, 1.82) is 0 Å². The minimum absolute atomic E-state index is 0.170. The smallest absolute Gasteiger partial charge is 0.324 e. The van der Waals surface area contributed by atoms with Crippen molar-refractivity contribution in [3.8, 4) is 0 Å². The summed E-state index contributed by atoms with van der Waals surface area (Å²) in [4.78, 5) is 23.8. The lowest BCUT2D eigenvalue weighted by atomic mass is 10.1. The van der Waals surface area contributed by atoms with E-state index in [0.29, 0.717) is 0 Å². The first kappa shape index (κ1) is 20.1. The van der Waals surface area contributed by atoms with Gasteiger partial charge in [-0.05, 0) is 30.4 Å². The summed E-state index contributed by atoms with van der Waals surface area (Å²) in [6.45, 7) is 2.97. The van der Waals surface area contributed by atoms with Crippen LogP contribution in [0.3, 0.4) is 0 Å². The van der Waals surface area contributed by atoms with E-state index in [-0.39, 0.29) is 17.9 Å². The summed E-state index contributed by atoms with van der Waals surface area (Å²) < 4.78 is 31.7. The molecule has 0 aliphatic heterocycles. The molecule has 1 saturated carbocycles. The molecule has 0 spiro atoms. The molecule has 0 saturated heterocycles. The molecule has 1 aliphatic carbocycles. The van der Waals surface area contributed by atoms with Gasteiger partial charge < -0.3 is 10.1 Å². The average molecular weight is 380 g/mol. The van der Waals surface area contributed by atoms with Crippen molar-refractivity contribution in [2.45, 2.75) is 38.8 Å². The van der Waals surface area contributed by atoms with Gasteiger partial charge in [0.05, 0.1) is 0 Å². The molecule has 1 fully saturated rings. The summed E-state index contributed by atoms with van der Waals surface area (Å²) in [6.07, 6.45) is 3.30. The number of amides is 1. The molecule has 2 N–H and O–H groups in total. The molecule has 1 atom stereocenters. The van der Waals surface area contributed by atoms with Crippen LogP contribution < -0.4 is 10.0 Å². The number of carbonyl (C=O) groups excluding carboxylic acids is 2. The van der Waals surface area contributed by atoms with Crippen molar-refractivity contribution in [3.05, 3.63) is 41.3 Å². The fourth-order valence-electron chi connectivity index (χ4n) is 2.13. The van der Waals surface area contributed by atoms with Gasteiger partial charge in [-0.1, -0.05) is 44.2 Å². The highest BCUT2D eigenvalue weighted by molar-refractivity contribution is 7.92. The van der Waals surface area contributed by atoms with Gasteiger partial charge in [0.15, 0.2) is 6.61 Å². The van der Waals surface area contributed by atoms with Crippen LogP contribution in [-0.4, -0.2) is 39.0 Å². The Hall–Kier alpha value is -2.19. The number of esters is 1. The Morgan fingerprint density at radius 2 is 1.88 bits per heavy atom. The molecule has 0 radical (unpaired) electrons. The van der Waals surface area contributed by atoms with Crippen LogP contribution in [0.1, 0.15) is 32.3 Å². The molecule has 1 amide bonds. The first-order valence-corrected chi connectivity index (χ1v) is 10.0. The van der Waals surface area contributed by atoms with Gasteiger partial charge in [0, 0.05) is 11.4 Å². The maximum absolute atomic E-state index is 12.2. The first-order chi connectivity index (χ1) is 12.3. The fourth-order valence-corrected chi connectivity index (χ4v) is 3.27. The molecular weight excluding hydrogens is 356 g/mol. The zero-order chi connectivity index (χ0) is 19.2. The normalized spacial score (nSPS) is 15.8. The van der Waals surface area contributed by atoms with Gasteiger partial charge in [0.1, 0.15) is 6.04 Å². The van der Waals surface area contributed by atoms with Crippen LogP contribution in [0.4, 0.5) is 0 Å². The highest BCUT2D eigenvalue weighted by Gasteiger charge is 2.29. The number of hydrogen-bond acceptors (Lipinski definition) is 5. The van der Waals surface area contributed by atoms with Gasteiger partial charge in [0.25, 0.3) is 5.91 Å². The Bertz CT molecular complexity index is 755. The predicted octanol–water partition coefficient (Wildman–Crippen LogP) is 1.42. The third-order valence-corrected chi connectivity index (χ3v) is 4.82. The third kappa shape index (κ3) is 6.97. The largest absolute Gasteiger partial charge is 0.454 e. The molecule has 1 aromatic carbocycles. The van der Waals surface area contributed by atoms with Crippen LogP contribution in [0.25, 0.3) is 6.08 Å². The maximum atomic E-state index is 12.2. The minimum atomic E-state index is -3.85. The van der Waals surface area contributed by atoms with Crippen molar-refractivity contribution in [2.24, 2.45) is 5.92 Å². The lowest BCUT2D eigenvalue weighted by Gasteiger charge is -2.19. The first-order valence-electron chi connectivity index (χ1n) is 8.48. The quantitative estimate of drug-likeness (QED) is 0.631. The van der Waals surface area contributed by atoms with Crippen LogP contribution in [-0.2, 0) is 24.3 Å². The summed E-state index contributed by atoms with van der Waals surface area (Å²) in [7, 11) is -3.85. The van der Waals surface area contributed by atoms with Crippen molar-refractivity contribution in [2.75, 3.05) is 6.61 Å². The molecule has 8 heteroatoms. The van der Waals surface area contributed by atoms with Gasteiger partial charge in [-0.25, -0.2) is 8.42 Å². The summed E-state index contributed by atoms with van der Waals surface area (Å²) in [6, 6.07) is 8.03. The molecule has 1 aromatic rings. The number of ether oxygens (including phenoxy) is 1. The van der Waals surface area contributed by atoms with Crippen LogP contribution in [0.2, 0.25) is 0 Å². The van der Waals surface area contributed by atoms with Crippen molar-refractivity contribution < 1.29 is 22.7 Å². The topological polar surface area (TPSA) is 102 Å². The van der Waals surface area contributed by atoms with Gasteiger partial charge in [-0.15, -0.1) is 0 Å². The third-order valence-electron chi connectivity index (χ3n) is 3.74. The summed E-state index contributed by atoms with van der Waals surface area (Å²) >= 11 is 0. The number of carbonyl (C=O) groups is 2. The van der Waals surface area contributed by atoms with Crippen LogP contribution in [0.5, 0.6) is 0 Å². The second-order valence-electron chi connectivity index (χ2n) is 6.55. The van der Waals surface area contributed by atoms with Crippen LogP contribution in [0, 0.1) is 5.92 Å². The second-order valence-corrected chi connectivity index (χ2v) is 8.15. The summed E-state index contributed by atoms with van der Waals surface area (Å²) in [5, 5.41) is 3.70. The zero-order valence-electron chi connectivity index (χ0n) is 14.8. The molecule has 26 heavy (non-hydrogen) atoms. The highest BCUT2D eigenvalue weighted by atomic mass is 32.2. The number of rotatable bonds is 9. The van der Waals surface area contributed by atoms with Gasteiger partial charge in [-0.2, -0.15) is 4.72 Å². The standard InChI is InChI=1S/C18H24N2O5S/c1-13(2)17(18(22)25-12-16(21)19-15-8-9-15)20-26(23,24)11-10-14-6-4-3-5-7-14/h3-7,10-11,13,15,17,20H,8-9,12H2,1-2H3,(H,19,21). The van der Waals surface area contributed by atoms with Crippen molar-refractivity contribution in [1.82, 2.24) is 10.0 Å². The number of hydrogen-bond donors (Lipinski definition) is 2. The van der Waals surface area contributed by atoms with E-state index in [2.05, 4.69) is 10.0 Å². The lowest BCUT2D eigenvalue weighted by molar-refractivity contribution is -0.151. The second kappa shape index (κ2) is 8.95. The van der Waals surface area contributed by atoms with E-state index in [0.717, 1.165) is 23.8 Å². The lowest BCUT2D eigenvalue weighted by Crippen LogP contribution is -2.45. The molecule has 0 heterocycles. The number of sulfonamides is 1.